The van der Waals surface area contributed by atoms with Crippen LogP contribution >= 0.6 is 0 Å². The fraction of sp³-hybridized carbons (Fsp3) is 0.200. The molecule has 19 heavy (non-hydrogen) atoms. The summed E-state index contributed by atoms with van der Waals surface area (Å²) in [4.78, 5) is 14.8. The molecule has 0 atom stereocenters. The Labute approximate surface area is 112 Å². The van der Waals surface area contributed by atoms with Gasteiger partial charge >= 0.3 is 5.97 Å². The van der Waals surface area contributed by atoms with Gasteiger partial charge in [-0.25, -0.2) is 4.98 Å². The molecular formula is C15H16N2O2. The van der Waals surface area contributed by atoms with Gasteiger partial charge in [-0.2, -0.15) is 0 Å². The first-order chi connectivity index (χ1) is 9.15. The van der Waals surface area contributed by atoms with Gasteiger partial charge in [0.15, 0.2) is 0 Å². The van der Waals surface area contributed by atoms with Crippen LogP contribution in [0.5, 0.6) is 0 Å². The minimum Gasteiger partial charge on any atom is -0.481 e. The summed E-state index contributed by atoms with van der Waals surface area (Å²) in [5.74, 6) is 0.000736. The van der Waals surface area contributed by atoms with E-state index in [-0.39, 0.29) is 6.42 Å². The molecule has 1 aromatic carbocycles. The van der Waals surface area contributed by atoms with Gasteiger partial charge in [0.05, 0.1) is 0 Å². The van der Waals surface area contributed by atoms with Crippen LogP contribution in [0.2, 0.25) is 0 Å². The van der Waals surface area contributed by atoms with Crippen LogP contribution in [-0.2, 0) is 11.2 Å². The van der Waals surface area contributed by atoms with Gasteiger partial charge in [-0.05, 0) is 42.7 Å². The van der Waals surface area contributed by atoms with Gasteiger partial charge in [0.2, 0.25) is 0 Å². The highest BCUT2D eigenvalue weighted by Crippen LogP contribution is 2.21. The Hall–Kier alpha value is -2.36. The molecule has 1 heterocycles. The molecule has 0 aliphatic rings. The van der Waals surface area contributed by atoms with Crippen LogP contribution in [0, 0.1) is 6.92 Å². The number of nitrogens with zero attached hydrogens (tertiary/aromatic N) is 1. The quantitative estimate of drug-likeness (QED) is 0.862. The van der Waals surface area contributed by atoms with E-state index in [1.807, 2.05) is 43.3 Å². The van der Waals surface area contributed by atoms with Crippen molar-refractivity contribution >= 4 is 17.5 Å². The van der Waals surface area contributed by atoms with Gasteiger partial charge in [0, 0.05) is 18.3 Å². The van der Waals surface area contributed by atoms with Crippen LogP contribution in [0.25, 0.3) is 0 Å². The number of nitrogens with one attached hydrogen (secondary N) is 1. The number of anilines is 2. The summed E-state index contributed by atoms with van der Waals surface area (Å²) >= 11 is 0. The van der Waals surface area contributed by atoms with Gasteiger partial charge in [-0.15, -0.1) is 0 Å². The minimum absolute atomic E-state index is 0.145. The molecule has 2 aromatic rings. The molecule has 0 radical (unpaired) electrons. The number of hydrogen-bond donors (Lipinski definition) is 2. The Balaban J connectivity index is 2.15. The molecular weight excluding hydrogens is 240 g/mol. The summed E-state index contributed by atoms with van der Waals surface area (Å²) in [5, 5.41) is 11.9. The van der Waals surface area contributed by atoms with Crippen LogP contribution in [0.4, 0.5) is 11.5 Å². The molecule has 0 saturated carbocycles. The lowest BCUT2D eigenvalue weighted by Crippen LogP contribution is -2.00. The summed E-state index contributed by atoms with van der Waals surface area (Å²) in [6.45, 7) is 2.01. The minimum atomic E-state index is -0.778. The second-order valence-corrected chi connectivity index (χ2v) is 4.38. The molecule has 4 heteroatoms. The molecule has 4 nitrogen and oxygen atoms in total. The zero-order chi connectivity index (χ0) is 13.7. The van der Waals surface area contributed by atoms with E-state index in [1.165, 1.54) is 0 Å². The van der Waals surface area contributed by atoms with Crippen molar-refractivity contribution in [1.82, 2.24) is 4.98 Å². The van der Waals surface area contributed by atoms with Crippen LogP contribution in [0.15, 0.2) is 42.6 Å². The molecule has 0 bridgehead atoms. The van der Waals surface area contributed by atoms with E-state index in [1.54, 1.807) is 6.20 Å². The van der Waals surface area contributed by atoms with Gasteiger partial charge in [-0.1, -0.05) is 18.2 Å². The standard InChI is InChI=1S/C15H16N2O2/c1-11-5-6-12(7-8-15(18)19)10-13(11)17-14-4-2-3-9-16-14/h2-6,9-10H,7-8H2,1H3,(H,16,17)(H,18,19). The third kappa shape index (κ3) is 3.81. The molecule has 0 spiro atoms. The maximum atomic E-state index is 10.6. The number of rotatable bonds is 5. The monoisotopic (exact) mass is 256 g/mol. The molecule has 98 valence electrons. The van der Waals surface area contributed by atoms with Crippen LogP contribution in [-0.4, -0.2) is 16.1 Å². The number of benzene rings is 1. The van der Waals surface area contributed by atoms with E-state index < -0.39 is 5.97 Å². The highest BCUT2D eigenvalue weighted by Gasteiger charge is 2.04. The van der Waals surface area contributed by atoms with E-state index in [9.17, 15) is 4.79 Å². The summed E-state index contributed by atoms with van der Waals surface area (Å²) < 4.78 is 0. The molecule has 2 rings (SSSR count). The fourth-order valence-corrected chi connectivity index (χ4v) is 1.79. The van der Waals surface area contributed by atoms with Crippen LogP contribution < -0.4 is 5.32 Å². The van der Waals surface area contributed by atoms with Crippen molar-refractivity contribution in [3.05, 3.63) is 53.7 Å². The van der Waals surface area contributed by atoms with E-state index >= 15 is 0 Å². The van der Waals surface area contributed by atoms with Crippen molar-refractivity contribution < 1.29 is 9.90 Å². The zero-order valence-electron chi connectivity index (χ0n) is 10.8. The number of carbonyl (C=O) groups is 1. The molecule has 0 aliphatic carbocycles. The Morgan fingerprint density at radius 2 is 2.16 bits per heavy atom. The number of carboxylic acid groups (broad SMARTS) is 1. The second-order valence-electron chi connectivity index (χ2n) is 4.38. The van der Waals surface area contributed by atoms with E-state index in [0.29, 0.717) is 6.42 Å². The van der Waals surface area contributed by atoms with Crippen molar-refractivity contribution in [2.45, 2.75) is 19.8 Å². The first kappa shape index (κ1) is 13.1. The SMILES string of the molecule is Cc1ccc(CCC(=O)O)cc1Nc1ccccn1. The van der Waals surface area contributed by atoms with E-state index in [0.717, 1.165) is 22.6 Å². The summed E-state index contributed by atoms with van der Waals surface area (Å²) in [6.07, 6.45) is 2.41. The lowest BCUT2D eigenvalue weighted by Gasteiger charge is -2.10. The molecule has 0 aliphatic heterocycles. The van der Waals surface area contributed by atoms with Gasteiger partial charge in [0.25, 0.3) is 0 Å². The smallest absolute Gasteiger partial charge is 0.303 e. The fourth-order valence-electron chi connectivity index (χ4n) is 1.79. The Morgan fingerprint density at radius 3 is 2.84 bits per heavy atom. The van der Waals surface area contributed by atoms with E-state index in [2.05, 4.69) is 10.3 Å². The van der Waals surface area contributed by atoms with Crippen LogP contribution in [0.1, 0.15) is 17.5 Å². The number of aliphatic carboxylic acids is 1. The Kier molecular flexibility index (Phi) is 4.13. The molecule has 0 fully saturated rings. The number of hydrogen-bond acceptors (Lipinski definition) is 3. The highest BCUT2D eigenvalue weighted by molar-refractivity contribution is 5.67. The van der Waals surface area contributed by atoms with Crippen molar-refractivity contribution in [1.29, 1.82) is 0 Å². The first-order valence-electron chi connectivity index (χ1n) is 6.14. The van der Waals surface area contributed by atoms with Crippen molar-refractivity contribution in [2.24, 2.45) is 0 Å². The van der Waals surface area contributed by atoms with Crippen molar-refractivity contribution in [3.63, 3.8) is 0 Å². The molecule has 2 N–H and O–H groups in total. The average molecular weight is 256 g/mol. The van der Waals surface area contributed by atoms with Crippen LogP contribution in [0.3, 0.4) is 0 Å². The number of aryl methyl sites for hydroxylation is 2. The normalized spacial score (nSPS) is 10.2. The number of carboxylic acids is 1. The van der Waals surface area contributed by atoms with Gasteiger partial charge < -0.3 is 10.4 Å². The second kappa shape index (κ2) is 6.00. The summed E-state index contributed by atoms with van der Waals surface area (Å²) in [6, 6.07) is 11.6. The average Bonchev–Trinajstić information content (AvgIpc) is 2.41. The molecule has 0 amide bonds. The van der Waals surface area contributed by atoms with Gasteiger partial charge in [0.1, 0.15) is 5.82 Å². The van der Waals surface area contributed by atoms with E-state index in [4.69, 9.17) is 5.11 Å². The summed E-state index contributed by atoms with van der Waals surface area (Å²) in [5.41, 5.74) is 3.07. The zero-order valence-corrected chi connectivity index (χ0v) is 10.8. The lowest BCUT2D eigenvalue weighted by molar-refractivity contribution is -0.136. The van der Waals surface area contributed by atoms with Crippen molar-refractivity contribution in [3.8, 4) is 0 Å². The maximum Gasteiger partial charge on any atom is 0.303 e. The predicted molar refractivity (Wildman–Crippen MR) is 74.7 cm³/mol. The Bertz CT molecular complexity index is 568. The number of pyridine rings is 1. The topological polar surface area (TPSA) is 62.2 Å². The highest BCUT2D eigenvalue weighted by atomic mass is 16.4. The molecule has 0 saturated heterocycles. The number of aromatic nitrogens is 1. The predicted octanol–water partition coefficient (Wildman–Crippen LogP) is 3.15. The Morgan fingerprint density at radius 1 is 1.32 bits per heavy atom. The summed E-state index contributed by atoms with van der Waals surface area (Å²) in [7, 11) is 0. The third-order valence-corrected chi connectivity index (χ3v) is 2.86. The third-order valence-electron chi connectivity index (χ3n) is 2.86. The first-order valence-corrected chi connectivity index (χ1v) is 6.14. The maximum absolute atomic E-state index is 10.6. The largest absolute Gasteiger partial charge is 0.481 e. The molecule has 0 unspecified atom stereocenters. The van der Waals surface area contributed by atoms with Crippen molar-refractivity contribution in [2.75, 3.05) is 5.32 Å². The molecule has 1 aromatic heterocycles. The lowest BCUT2D eigenvalue weighted by atomic mass is 10.1. The van der Waals surface area contributed by atoms with Gasteiger partial charge in [-0.3, -0.25) is 4.79 Å².